The molecule has 0 radical (unpaired) electrons. The summed E-state index contributed by atoms with van der Waals surface area (Å²) in [7, 11) is -8.57. The van der Waals surface area contributed by atoms with Crippen LogP contribution in [0.15, 0.2) is 0 Å². The van der Waals surface area contributed by atoms with Crippen molar-refractivity contribution < 1.29 is 33.4 Å². The lowest BCUT2D eigenvalue weighted by Gasteiger charge is -2.24. The lowest BCUT2D eigenvalue weighted by atomic mass is 10.8. The number of nitrogens with zero attached hydrogens (tertiary/aromatic N) is 1. The van der Waals surface area contributed by atoms with E-state index in [1.807, 2.05) is 0 Å². The highest BCUT2D eigenvalue weighted by molar-refractivity contribution is 7.65. The van der Waals surface area contributed by atoms with Crippen molar-refractivity contribution >= 4 is 15.5 Å². The van der Waals surface area contributed by atoms with Crippen LogP contribution in [-0.2, 0) is 13.7 Å². The molecule has 80 valence electrons. The van der Waals surface area contributed by atoms with Gasteiger partial charge in [-0.1, -0.05) is 0 Å². The van der Waals surface area contributed by atoms with Crippen LogP contribution in [0.4, 0.5) is 0 Å². The van der Waals surface area contributed by atoms with Crippen LogP contribution in [0.3, 0.4) is 0 Å². The van der Waals surface area contributed by atoms with E-state index in [1.165, 1.54) is 0 Å². The van der Waals surface area contributed by atoms with E-state index in [4.69, 9.17) is 19.8 Å². The maximum absolute atomic E-state index is 11.0. The minimum Gasteiger partial charge on any atom is -0.395 e. The number of aliphatic hydroxyl groups is 1. The normalized spacial score (nSPS) is 17.4. The molecule has 10 heteroatoms. The van der Waals surface area contributed by atoms with Gasteiger partial charge < -0.3 is 19.8 Å². The Morgan fingerprint density at radius 2 is 1.77 bits per heavy atom. The minimum absolute atomic E-state index is 0.0833. The predicted octanol–water partition coefficient (Wildman–Crippen LogP) is -0.880. The molecule has 0 saturated carbocycles. The second-order valence-electron chi connectivity index (χ2n) is 2.01. The lowest BCUT2D eigenvalue weighted by molar-refractivity contribution is 0.213. The third kappa shape index (κ3) is 3.84. The fraction of sp³-hybridized carbons (Fsp3) is 1.00. The molecule has 1 atom stereocenters. The van der Waals surface area contributed by atoms with Gasteiger partial charge in [0.2, 0.25) is 0 Å². The molecule has 0 bridgehead atoms. The smallest absolute Gasteiger partial charge is 0.395 e. The van der Waals surface area contributed by atoms with E-state index < -0.39 is 28.6 Å². The van der Waals surface area contributed by atoms with Crippen molar-refractivity contribution in [3.63, 3.8) is 0 Å². The van der Waals surface area contributed by atoms with Gasteiger partial charge in [0, 0.05) is 13.7 Å². The molecule has 0 saturated heterocycles. The molecule has 0 heterocycles. The van der Waals surface area contributed by atoms with Crippen molar-refractivity contribution in [1.82, 2.24) is 4.44 Å². The van der Waals surface area contributed by atoms with Crippen LogP contribution in [0.25, 0.3) is 0 Å². The molecular formula is C3H11NO7P2. The van der Waals surface area contributed by atoms with Crippen molar-refractivity contribution in [2.75, 3.05) is 20.3 Å². The van der Waals surface area contributed by atoms with Crippen molar-refractivity contribution in [3.05, 3.63) is 0 Å². The largest absolute Gasteiger partial charge is 0.414 e. The van der Waals surface area contributed by atoms with Gasteiger partial charge in [-0.3, -0.25) is 4.52 Å². The standard InChI is InChI=1S/C3H11NO7P2/c1-11-13(9,10)4(2-3-5)12(6,7)8/h5H,2-3H2,1H3,(H,9,10)(H2,6,7,8). The second kappa shape index (κ2) is 4.63. The van der Waals surface area contributed by atoms with Gasteiger partial charge >= 0.3 is 15.5 Å². The quantitative estimate of drug-likeness (QED) is 0.452. The van der Waals surface area contributed by atoms with Crippen molar-refractivity contribution in [2.24, 2.45) is 0 Å². The Morgan fingerprint density at radius 1 is 1.31 bits per heavy atom. The summed E-state index contributed by atoms with van der Waals surface area (Å²) in [6.07, 6.45) is 0. The first-order valence-corrected chi connectivity index (χ1v) is 6.18. The fourth-order valence-electron chi connectivity index (χ4n) is 0.588. The molecule has 0 spiro atoms. The zero-order valence-electron chi connectivity index (χ0n) is 6.77. The number of hydrogen-bond acceptors (Lipinski definition) is 4. The van der Waals surface area contributed by atoms with Crippen LogP contribution in [0.5, 0.6) is 0 Å². The summed E-state index contributed by atoms with van der Waals surface area (Å²) in [4.78, 5) is 26.1. The molecule has 1 unspecified atom stereocenters. The average Bonchev–Trinajstić information content (AvgIpc) is 1.98. The Labute approximate surface area is 74.6 Å². The number of hydrogen-bond donors (Lipinski definition) is 4. The van der Waals surface area contributed by atoms with Crippen LogP contribution >= 0.6 is 15.5 Å². The van der Waals surface area contributed by atoms with Gasteiger partial charge in [-0.2, -0.15) is 0 Å². The lowest BCUT2D eigenvalue weighted by Crippen LogP contribution is -2.21. The summed E-state index contributed by atoms with van der Waals surface area (Å²) in [5, 5.41) is 8.39. The highest BCUT2D eigenvalue weighted by atomic mass is 31.3. The zero-order chi connectivity index (χ0) is 10.7. The summed E-state index contributed by atoms with van der Waals surface area (Å²) in [5.74, 6) is 0. The third-order valence-corrected chi connectivity index (χ3v) is 4.57. The molecule has 0 aliphatic heterocycles. The van der Waals surface area contributed by atoms with Crippen LogP contribution in [-0.4, -0.2) is 44.5 Å². The van der Waals surface area contributed by atoms with E-state index in [2.05, 4.69) is 4.52 Å². The highest BCUT2D eigenvalue weighted by Crippen LogP contribution is 2.60. The Kier molecular flexibility index (Phi) is 4.71. The highest BCUT2D eigenvalue weighted by Gasteiger charge is 2.40. The molecule has 8 nitrogen and oxygen atoms in total. The molecule has 4 N–H and O–H groups in total. The fourth-order valence-corrected chi connectivity index (χ4v) is 2.87. The van der Waals surface area contributed by atoms with E-state index in [9.17, 15) is 9.13 Å². The summed E-state index contributed by atoms with van der Waals surface area (Å²) in [6, 6.07) is 0. The zero-order valence-corrected chi connectivity index (χ0v) is 8.56. The number of rotatable bonds is 5. The van der Waals surface area contributed by atoms with Crippen molar-refractivity contribution in [2.45, 2.75) is 0 Å². The van der Waals surface area contributed by atoms with E-state index >= 15 is 0 Å². The SMILES string of the molecule is COP(=O)(O)N(CCO)P(=O)(O)O. The Hall–Kier alpha value is 0.220. The minimum atomic E-state index is -4.90. The first-order chi connectivity index (χ1) is 5.75. The molecule has 0 amide bonds. The first kappa shape index (κ1) is 13.2. The topological polar surface area (TPSA) is 128 Å². The molecule has 0 aromatic heterocycles. The van der Waals surface area contributed by atoms with Crippen LogP contribution < -0.4 is 0 Å². The predicted molar refractivity (Wildman–Crippen MR) is 42.7 cm³/mol. The second-order valence-corrected chi connectivity index (χ2v) is 5.66. The van der Waals surface area contributed by atoms with Gasteiger partial charge in [0.15, 0.2) is 0 Å². The van der Waals surface area contributed by atoms with E-state index in [-0.39, 0.29) is 4.44 Å². The Bertz CT molecular complexity index is 248. The molecular weight excluding hydrogens is 224 g/mol. The molecule has 13 heavy (non-hydrogen) atoms. The Morgan fingerprint density at radius 3 is 2.00 bits per heavy atom. The molecule has 0 aliphatic rings. The summed E-state index contributed by atoms with van der Waals surface area (Å²) < 4.78 is 25.5. The molecule has 0 rings (SSSR count). The molecule has 0 aromatic rings. The maximum atomic E-state index is 11.0. The van der Waals surface area contributed by atoms with Gasteiger partial charge in [-0.25, -0.2) is 9.13 Å². The molecule has 0 aliphatic carbocycles. The van der Waals surface area contributed by atoms with Gasteiger partial charge in [0.1, 0.15) is 0 Å². The first-order valence-electron chi connectivity index (χ1n) is 3.09. The van der Waals surface area contributed by atoms with Gasteiger partial charge in [0.05, 0.1) is 6.61 Å². The molecule has 0 fully saturated rings. The maximum Gasteiger partial charge on any atom is 0.414 e. The van der Waals surface area contributed by atoms with Gasteiger partial charge in [0.25, 0.3) is 0 Å². The third-order valence-electron chi connectivity index (χ3n) is 1.13. The van der Waals surface area contributed by atoms with Crippen LogP contribution in [0.2, 0.25) is 0 Å². The van der Waals surface area contributed by atoms with Crippen LogP contribution in [0, 0.1) is 0 Å². The summed E-state index contributed by atoms with van der Waals surface area (Å²) in [5.41, 5.74) is 0. The van der Waals surface area contributed by atoms with Crippen LogP contribution in [0.1, 0.15) is 0 Å². The monoisotopic (exact) mass is 235 g/mol. The van der Waals surface area contributed by atoms with Gasteiger partial charge in [-0.05, 0) is 0 Å². The summed E-state index contributed by atoms with van der Waals surface area (Å²) in [6.45, 7) is -1.31. The average molecular weight is 235 g/mol. The van der Waals surface area contributed by atoms with Crippen molar-refractivity contribution in [1.29, 1.82) is 0 Å². The summed E-state index contributed by atoms with van der Waals surface area (Å²) >= 11 is 0. The van der Waals surface area contributed by atoms with Gasteiger partial charge in [-0.15, -0.1) is 4.44 Å². The van der Waals surface area contributed by atoms with E-state index in [1.54, 1.807) is 0 Å². The number of aliphatic hydroxyl groups excluding tert-OH is 1. The van der Waals surface area contributed by atoms with E-state index in [0.717, 1.165) is 7.11 Å². The Balaban J connectivity index is 4.83. The van der Waals surface area contributed by atoms with Crippen molar-refractivity contribution in [3.8, 4) is 0 Å². The van der Waals surface area contributed by atoms with E-state index in [0.29, 0.717) is 0 Å². The molecule has 0 aromatic carbocycles.